The summed E-state index contributed by atoms with van der Waals surface area (Å²) in [6.45, 7) is 2.55. The largest absolute Gasteiger partial charge is 0.480 e. The third-order valence-corrected chi connectivity index (χ3v) is 5.83. The van der Waals surface area contributed by atoms with Crippen LogP contribution < -0.4 is 0 Å². The predicted octanol–water partition coefficient (Wildman–Crippen LogP) is 2.43. The van der Waals surface area contributed by atoms with Gasteiger partial charge in [0.1, 0.15) is 6.04 Å². The van der Waals surface area contributed by atoms with E-state index in [0.717, 1.165) is 11.1 Å². The monoisotopic (exact) mass is 375 g/mol. The van der Waals surface area contributed by atoms with Crippen LogP contribution in [0.5, 0.6) is 0 Å². The molecule has 2 aromatic rings. The number of carboxylic acid groups (broad SMARTS) is 1. The van der Waals surface area contributed by atoms with Gasteiger partial charge < -0.3 is 5.11 Å². The molecule has 1 saturated heterocycles. The molecule has 0 bridgehead atoms. The Morgan fingerprint density at radius 2 is 1.81 bits per heavy atom. The molecule has 1 fully saturated rings. The molecule has 1 N–H and O–H groups in total. The Bertz CT molecular complexity index is 865. The molecule has 0 aliphatic carbocycles. The average Bonchev–Trinajstić information content (AvgIpc) is 2.98. The van der Waals surface area contributed by atoms with Gasteiger partial charge in [-0.3, -0.25) is 13.9 Å². The van der Waals surface area contributed by atoms with Crippen LogP contribution in [0.15, 0.2) is 59.5 Å². The molecule has 0 unspecified atom stereocenters. The number of hydrogen-bond acceptors (Lipinski definition) is 5. The summed E-state index contributed by atoms with van der Waals surface area (Å²) < 4.78 is 30.2. The van der Waals surface area contributed by atoms with Crippen molar-refractivity contribution in [2.45, 2.75) is 36.9 Å². The maximum Gasteiger partial charge on any atom is 0.321 e. The second kappa shape index (κ2) is 7.57. The van der Waals surface area contributed by atoms with Crippen molar-refractivity contribution in [1.82, 2.24) is 4.90 Å². The maximum atomic E-state index is 12.5. The Balaban J connectivity index is 1.73. The number of carboxylic acids is 1. The lowest BCUT2D eigenvalue weighted by molar-refractivity contribution is -0.142. The molecule has 7 heteroatoms. The van der Waals surface area contributed by atoms with Gasteiger partial charge in [-0.1, -0.05) is 48.0 Å². The Morgan fingerprint density at radius 3 is 2.42 bits per heavy atom. The van der Waals surface area contributed by atoms with Crippen LogP contribution in [0.4, 0.5) is 0 Å². The van der Waals surface area contributed by atoms with Crippen LogP contribution in [-0.2, 0) is 25.6 Å². The molecular formula is C19H21NO5S. The zero-order chi connectivity index (χ0) is 18.7. The van der Waals surface area contributed by atoms with Gasteiger partial charge in [0.05, 0.1) is 11.0 Å². The van der Waals surface area contributed by atoms with Crippen molar-refractivity contribution in [2.24, 2.45) is 0 Å². The predicted molar refractivity (Wildman–Crippen MR) is 96.1 cm³/mol. The van der Waals surface area contributed by atoms with Crippen molar-refractivity contribution in [2.75, 3.05) is 6.54 Å². The first-order valence-electron chi connectivity index (χ1n) is 8.36. The minimum atomic E-state index is -3.93. The lowest BCUT2D eigenvalue weighted by Crippen LogP contribution is -2.35. The van der Waals surface area contributed by atoms with Gasteiger partial charge in [0.15, 0.2) is 0 Å². The van der Waals surface area contributed by atoms with E-state index in [-0.39, 0.29) is 17.9 Å². The molecule has 3 rings (SSSR count). The highest BCUT2D eigenvalue weighted by Gasteiger charge is 2.39. The van der Waals surface area contributed by atoms with Crippen LogP contribution in [-0.4, -0.2) is 43.1 Å². The number of benzene rings is 2. The highest BCUT2D eigenvalue weighted by atomic mass is 32.2. The summed E-state index contributed by atoms with van der Waals surface area (Å²) in [5.74, 6) is -0.972. The van der Waals surface area contributed by atoms with E-state index in [2.05, 4.69) is 0 Å². The van der Waals surface area contributed by atoms with Gasteiger partial charge >= 0.3 is 5.97 Å². The number of rotatable bonds is 6. The van der Waals surface area contributed by atoms with Crippen LogP contribution in [0.2, 0.25) is 0 Å². The Labute approximate surface area is 153 Å². The van der Waals surface area contributed by atoms with E-state index in [4.69, 9.17) is 4.18 Å². The molecule has 0 aromatic heterocycles. The number of likely N-dealkylation sites (tertiary alicyclic amines) is 1. The SMILES string of the molecule is Cc1ccc(S(=O)(=O)O[C@@H]2C[C@@H](C(=O)O)N(Cc3ccccc3)C2)cc1. The molecular weight excluding hydrogens is 354 g/mol. The van der Waals surface area contributed by atoms with Crippen molar-refractivity contribution in [3.8, 4) is 0 Å². The van der Waals surface area contributed by atoms with Gasteiger partial charge in [0.25, 0.3) is 10.1 Å². The maximum absolute atomic E-state index is 12.5. The van der Waals surface area contributed by atoms with Crippen LogP contribution in [0.1, 0.15) is 17.5 Å². The van der Waals surface area contributed by atoms with E-state index in [1.807, 2.05) is 37.3 Å². The van der Waals surface area contributed by atoms with E-state index < -0.39 is 28.2 Å². The van der Waals surface area contributed by atoms with Crippen LogP contribution in [0, 0.1) is 6.92 Å². The minimum absolute atomic E-state index is 0.0801. The van der Waals surface area contributed by atoms with Crippen molar-refractivity contribution >= 4 is 16.1 Å². The Hall–Kier alpha value is -2.22. The lowest BCUT2D eigenvalue weighted by atomic mass is 10.2. The number of carbonyl (C=O) groups is 1. The fourth-order valence-electron chi connectivity index (χ4n) is 3.12. The van der Waals surface area contributed by atoms with Gasteiger partial charge in [0, 0.05) is 19.5 Å². The minimum Gasteiger partial charge on any atom is -0.480 e. The summed E-state index contributed by atoms with van der Waals surface area (Å²) in [5, 5.41) is 9.48. The summed E-state index contributed by atoms with van der Waals surface area (Å²) in [7, 11) is -3.93. The fraction of sp³-hybridized carbons (Fsp3) is 0.316. The summed E-state index contributed by atoms with van der Waals surface area (Å²) in [4.78, 5) is 13.4. The third-order valence-electron chi connectivity index (χ3n) is 4.45. The van der Waals surface area contributed by atoms with Gasteiger partial charge in [-0.2, -0.15) is 8.42 Å². The summed E-state index contributed by atoms with van der Waals surface area (Å²) in [6.07, 6.45) is -0.557. The van der Waals surface area contributed by atoms with E-state index in [1.165, 1.54) is 12.1 Å². The molecule has 0 radical (unpaired) electrons. The summed E-state index contributed by atoms with van der Waals surface area (Å²) in [6, 6.07) is 15.1. The second-order valence-electron chi connectivity index (χ2n) is 6.49. The number of hydrogen-bond donors (Lipinski definition) is 1. The zero-order valence-corrected chi connectivity index (χ0v) is 15.2. The van der Waals surface area contributed by atoms with Gasteiger partial charge in [0.2, 0.25) is 0 Å². The highest BCUT2D eigenvalue weighted by Crippen LogP contribution is 2.26. The number of aryl methyl sites for hydroxylation is 1. The lowest BCUT2D eigenvalue weighted by Gasteiger charge is -2.20. The molecule has 26 heavy (non-hydrogen) atoms. The van der Waals surface area contributed by atoms with E-state index in [0.29, 0.717) is 6.54 Å². The second-order valence-corrected chi connectivity index (χ2v) is 8.06. The first-order valence-corrected chi connectivity index (χ1v) is 9.77. The molecule has 0 spiro atoms. The first-order chi connectivity index (χ1) is 12.3. The first kappa shape index (κ1) is 18.6. The topological polar surface area (TPSA) is 83.9 Å². The Morgan fingerprint density at radius 1 is 1.15 bits per heavy atom. The zero-order valence-electron chi connectivity index (χ0n) is 14.4. The molecule has 2 atom stereocenters. The fourth-order valence-corrected chi connectivity index (χ4v) is 4.20. The smallest absolute Gasteiger partial charge is 0.321 e. The normalized spacial score (nSPS) is 21.0. The average molecular weight is 375 g/mol. The Kier molecular flexibility index (Phi) is 5.41. The molecule has 6 nitrogen and oxygen atoms in total. The van der Waals surface area contributed by atoms with Crippen molar-refractivity contribution in [3.63, 3.8) is 0 Å². The van der Waals surface area contributed by atoms with Crippen molar-refractivity contribution < 1.29 is 22.5 Å². The van der Waals surface area contributed by atoms with E-state index in [9.17, 15) is 18.3 Å². The number of nitrogens with zero attached hydrogens (tertiary/aromatic N) is 1. The highest BCUT2D eigenvalue weighted by molar-refractivity contribution is 7.86. The van der Waals surface area contributed by atoms with Gasteiger partial charge in [-0.25, -0.2) is 0 Å². The molecule has 1 heterocycles. The van der Waals surface area contributed by atoms with Gasteiger partial charge in [-0.05, 0) is 24.6 Å². The molecule has 2 aromatic carbocycles. The molecule has 0 saturated carbocycles. The van der Waals surface area contributed by atoms with Crippen LogP contribution in [0.25, 0.3) is 0 Å². The van der Waals surface area contributed by atoms with E-state index in [1.54, 1.807) is 17.0 Å². The van der Waals surface area contributed by atoms with Crippen LogP contribution >= 0.6 is 0 Å². The summed E-state index contributed by atoms with van der Waals surface area (Å²) >= 11 is 0. The van der Waals surface area contributed by atoms with Gasteiger partial charge in [-0.15, -0.1) is 0 Å². The molecule has 138 valence electrons. The third kappa shape index (κ3) is 4.30. The summed E-state index contributed by atoms with van der Waals surface area (Å²) in [5.41, 5.74) is 1.92. The van der Waals surface area contributed by atoms with Crippen molar-refractivity contribution in [1.29, 1.82) is 0 Å². The molecule has 0 amide bonds. The quantitative estimate of drug-likeness (QED) is 0.781. The van der Waals surface area contributed by atoms with E-state index >= 15 is 0 Å². The standard InChI is InChI=1S/C19H21NO5S/c1-14-7-9-17(10-8-14)26(23,24)25-16-11-18(19(21)22)20(13-16)12-15-5-3-2-4-6-15/h2-10,16,18H,11-13H2,1H3,(H,21,22)/t16-,18+/m1/s1. The molecule has 1 aliphatic heterocycles. The van der Waals surface area contributed by atoms with Crippen molar-refractivity contribution in [3.05, 3.63) is 65.7 Å². The van der Waals surface area contributed by atoms with Crippen LogP contribution in [0.3, 0.4) is 0 Å². The number of aliphatic carboxylic acids is 1. The molecule has 1 aliphatic rings.